The number of fused-ring (bicyclic) bond motifs is 1. The van der Waals surface area contributed by atoms with E-state index in [0.717, 1.165) is 12.8 Å². The van der Waals surface area contributed by atoms with Crippen LogP contribution in [0.3, 0.4) is 0 Å². The number of benzene rings is 1. The smallest absolute Gasteiger partial charge is 0.120 e. The molecular weight excluding hydrogens is 186 g/mol. The molecule has 2 heteroatoms. The van der Waals surface area contributed by atoms with Crippen LogP contribution in [0, 0.1) is 13.8 Å². The molecule has 0 amide bonds. The fraction of sp³-hybridized carbons (Fsp3) is 0.462. The molecule has 0 aliphatic carbocycles. The Morgan fingerprint density at radius 3 is 2.87 bits per heavy atom. The average Bonchev–Trinajstić information content (AvgIpc) is 2.44. The Kier molecular flexibility index (Phi) is 2.51. The Bertz CT molecular complexity index is 398. The van der Waals surface area contributed by atoms with Crippen LogP contribution in [0.4, 0.5) is 5.69 Å². The van der Waals surface area contributed by atoms with Gasteiger partial charge in [-0.15, -0.1) is 0 Å². The summed E-state index contributed by atoms with van der Waals surface area (Å²) in [6, 6.07) is 4.42. The highest BCUT2D eigenvalue weighted by Gasteiger charge is 2.27. The van der Waals surface area contributed by atoms with E-state index in [1.165, 1.54) is 22.4 Å². The van der Waals surface area contributed by atoms with E-state index in [0.29, 0.717) is 12.3 Å². The Morgan fingerprint density at radius 2 is 2.20 bits per heavy atom. The highest BCUT2D eigenvalue weighted by molar-refractivity contribution is 5.66. The van der Waals surface area contributed by atoms with E-state index in [4.69, 9.17) is 0 Å². The Labute approximate surface area is 90.9 Å². The van der Waals surface area contributed by atoms with Gasteiger partial charge in [-0.05, 0) is 36.6 Å². The summed E-state index contributed by atoms with van der Waals surface area (Å²) in [5, 5.41) is 0. The van der Waals surface area contributed by atoms with Crippen LogP contribution in [0.25, 0.3) is 0 Å². The summed E-state index contributed by atoms with van der Waals surface area (Å²) in [5.41, 5.74) is 5.29. The maximum absolute atomic E-state index is 10.6. The predicted octanol–water partition coefficient (Wildman–Crippen LogP) is 2.43. The molecule has 0 saturated heterocycles. The van der Waals surface area contributed by atoms with Gasteiger partial charge in [0.05, 0.1) is 0 Å². The second-order valence-corrected chi connectivity index (χ2v) is 4.49. The standard InChI is InChI=1S/C13H17NO/c1-9-6-10(2)13-11(4-5-15)8-14(3)12(13)7-9/h5-7,11H,4,8H2,1-3H3. The summed E-state index contributed by atoms with van der Waals surface area (Å²) in [5.74, 6) is 0.392. The van der Waals surface area contributed by atoms with Crippen molar-refractivity contribution in [1.29, 1.82) is 0 Å². The minimum atomic E-state index is 0.392. The lowest BCUT2D eigenvalue weighted by Crippen LogP contribution is -2.15. The van der Waals surface area contributed by atoms with Gasteiger partial charge in [-0.1, -0.05) is 6.07 Å². The number of anilines is 1. The zero-order valence-electron chi connectivity index (χ0n) is 9.58. The van der Waals surface area contributed by atoms with E-state index < -0.39 is 0 Å². The molecule has 1 aromatic carbocycles. The Morgan fingerprint density at radius 1 is 1.47 bits per heavy atom. The number of rotatable bonds is 2. The molecular formula is C13H17NO. The van der Waals surface area contributed by atoms with Gasteiger partial charge >= 0.3 is 0 Å². The zero-order valence-corrected chi connectivity index (χ0v) is 9.58. The molecule has 15 heavy (non-hydrogen) atoms. The van der Waals surface area contributed by atoms with Crippen molar-refractivity contribution in [2.45, 2.75) is 26.2 Å². The first kappa shape index (κ1) is 10.2. The van der Waals surface area contributed by atoms with Crippen LogP contribution in [0.5, 0.6) is 0 Å². The van der Waals surface area contributed by atoms with Crippen LogP contribution in [0.2, 0.25) is 0 Å². The van der Waals surface area contributed by atoms with Crippen molar-refractivity contribution in [3.05, 3.63) is 28.8 Å². The normalized spacial score (nSPS) is 19.1. The van der Waals surface area contributed by atoms with Gasteiger partial charge in [-0.2, -0.15) is 0 Å². The molecule has 1 aliphatic rings. The number of hydrogen-bond donors (Lipinski definition) is 0. The predicted molar refractivity (Wildman–Crippen MR) is 62.6 cm³/mol. The summed E-state index contributed by atoms with van der Waals surface area (Å²) >= 11 is 0. The number of aldehydes is 1. The van der Waals surface area contributed by atoms with Crippen LogP contribution in [-0.2, 0) is 4.79 Å². The third-order valence-corrected chi connectivity index (χ3v) is 3.20. The van der Waals surface area contributed by atoms with Gasteiger partial charge in [0.25, 0.3) is 0 Å². The molecule has 0 fully saturated rings. The van der Waals surface area contributed by atoms with Crippen LogP contribution in [0.15, 0.2) is 12.1 Å². The van der Waals surface area contributed by atoms with Gasteiger partial charge in [0.1, 0.15) is 6.29 Å². The number of carbonyl (C=O) groups is 1. The van der Waals surface area contributed by atoms with Gasteiger partial charge in [0.15, 0.2) is 0 Å². The molecule has 0 spiro atoms. The molecule has 0 bridgehead atoms. The molecule has 1 heterocycles. The third kappa shape index (κ3) is 1.65. The van der Waals surface area contributed by atoms with Crippen molar-refractivity contribution < 1.29 is 4.79 Å². The molecule has 2 rings (SSSR count). The maximum atomic E-state index is 10.6. The lowest BCUT2D eigenvalue weighted by Gasteiger charge is -2.13. The minimum absolute atomic E-state index is 0.392. The van der Waals surface area contributed by atoms with Crippen molar-refractivity contribution in [3.8, 4) is 0 Å². The Balaban J connectivity index is 2.50. The van der Waals surface area contributed by atoms with Crippen LogP contribution in [0.1, 0.15) is 29.0 Å². The van der Waals surface area contributed by atoms with Gasteiger partial charge < -0.3 is 9.69 Å². The van der Waals surface area contributed by atoms with Gasteiger partial charge in [-0.3, -0.25) is 0 Å². The molecule has 0 saturated carbocycles. The molecule has 2 nitrogen and oxygen atoms in total. The highest BCUT2D eigenvalue weighted by Crippen LogP contribution is 2.39. The summed E-state index contributed by atoms with van der Waals surface area (Å²) in [4.78, 5) is 12.9. The first-order chi connectivity index (χ1) is 7.13. The summed E-state index contributed by atoms with van der Waals surface area (Å²) < 4.78 is 0. The number of carbonyl (C=O) groups excluding carboxylic acids is 1. The second-order valence-electron chi connectivity index (χ2n) is 4.49. The van der Waals surface area contributed by atoms with Crippen molar-refractivity contribution in [2.75, 3.05) is 18.5 Å². The van der Waals surface area contributed by atoms with Crippen molar-refractivity contribution in [3.63, 3.8) is 0 Å². The largest absolute Gasteiger partial charge is 0.374 e. The molecule has 0 aromatic heterocycles. The lowest BCUT2D eigenvalue weighted by molar-refractivity contribution is -0.108. The first-order valence-electron chi connectivity index (χ1n) is 5.39. The molecule has 0 radical (unpaired) electrons. The van der Waals surface area contributed by atoms with Crippen molar-refractivity contribution >= 4 is 12.0 Å². The van der Waals surface area contributed by atoms with Crippen LogP contribution < -0.4 is 4.90 Å². The van der Waals surface area contributed by atoms with E-state index in [9.17, 15) is 4.79 Å². The van der Waals surface area contributed by atoms with E-state index in [-0.39, 0.29) is 0 Å². The van der Waals surface area contributed by atoms with Crippen LogP contribution >= 0.6 is 0 Å². The molecule has 1 aromatic rings. The second kappa shape index (κ2) is 3.69. The first-order valence-corrected chi connectivity index (χ1v) is 5.39. The zero-order chi connectivity index (χ0) is 11.0. The van der Waals surface area contributed by atoms with Gasteiger partial charge in [-0.25, -0.2) is 0 Å². The monoisotopic (exact) mass is 203 g/mol. The summed E-state index contributed by atoms with van der Waals surface area (Å²) in [6.45, 7) is 5.23. The number of nitrogens with zero attached hydrogens (tertiary/aromatic N) is 1. The fourth-order valence-corrected chi connectivity index (χ4v) is 2.63. The van der Waals surface area contributed by atoms with Crippen molar-refractivity contribution in [1.82, 2.24) is 0 Å². The Hall–Kier alpha value is -1.31. The van der Waals surface area contributed by atoms with E-state index in [2.05, 4.69) is 37.9 Å². The molecule has 1 aliphatic heterocycles. The number of hydrogen-bond acceptors (Lipinski definition) is 2. The lowest BCUT2D eigenvalue weighted by atomic mass is 9.93. The van der Waals surface area contributed by atoms with Crippen LogP contribution in [-0.4, -0.2) is 19.9 Å². The molecule has 0 N–H and O–H groups in total. The van der Waals surface area contributed by atoms with Gasteiger partial charge in [0, 0.05) is 31.6 Å². The quantitative estimate of drug-likeness (QED) is 0.688. The number of aryl methyl sites for hydroxylation is 2. The molecule has 80 valence electrons. The molecule has 1 unspecified atom stereocenters. The summed E-state index contributed by atoms with van der Waals surface area (Å²) in [7, 11) is 2.10. The average molecular weight is 203 g/mol. The van der Waals surface area contributed by atoms with Crippen molar-refractivity contribution in [2.24, 2.45) is 0 Å². The van der Waals surface area contributed by atoms with Gasteiger partial charge in [0.2, 0.25) is 0 Å². The highest BCUT2D eigenvalue weighted by atomic mass is 16.1. The molecule has 1 atom stereocenters. The minimum Gasteiger partial charge on any atom is -0.374 e. The van der Waals surface area contributed by atoms with E-state index in [1.54, 1.807) is 0 Å². The maximum Gasteiger partial charge on any atom is 0.120 e. The number of likely N-dealkylation sites (N-methyl/N-ethyl adjacent to an activating group) is 1. The van der Waals surface area contributed by atoms with E-state index >= 15 is 0 Å². The SMILES string of the molecule is Cc1cc(C)c2c(c1)N(C)CC2CC=O. The summed E-state index contributed by atoms with van der Waals surface area (Å²) in [6.07, 6.45) is 1.67. The topological polar surface area (TPSA) is 20.3 Å². The fourth-order valence-electron chi connectivity index (χ4n) is 2.63. The van der Waals surface area contributed by atoms with E-state index in [1.807, 2.05) is 0 Å². The third-order valence-electron chi connectivity index (χ3n) is 3.20.